The molecule has 0 bridgehead atoms. The van der Waals surface area contributed by atoms with Crippen molar-refractivity contribution in [3.8, 4) is 0 Å². The van der Waals surface area contributed by atoms with E-state index in [-0.39, 0.29) is 25.7 Å². The summed E-state index contributed by atoms with van der Waals surface area (Å²) in [5.74, 6) is -2.29. The van der Waals surface area contributed by atoms with E-state index in [1.54, 1.807) is 0 Å². The first-order chi connectivity index (χ1) is 51.7. The number of phosphoric ester groups is 2. The Morgan fingerprint density at radius 3 is 0.830 bits per heavy atom. The third-order valence-electron chi connectivity index (χ3n) is 17.1. The molecule has 0 saturated heterocycles. The van der Waals surface area contributed by atoms with Crippen molar-refractivity contribution in [3.63, 3.8) is 0 Å². The summed E-state index contributed by atoms with van der Waals surface area (Å²) in [6.07, 6.45) is 88.6. The van der Waals surface area contributed by atoms with Crippen LogP contribution in [0.15, 0.2) is 134 Å². The largest absolute Gasteiger partial charge is 0.472 e. The fourth-order valence-electron chi connectivity index (χ4n) is 10.9. The van der Waals surface area contributed by atoms with Crippen LogP contribution in [0, 0.1) is 0 Å². The minimum absolute atomic E-state index is 0.0357. The minimum Gasteiger partial charge on any atom is -0.462 e. The quantitative estimate of drug-likeness (QED) is 0.0169. The molecule has 0 aromatic heterocycles. The molecule has 0 radical (unpaired) electrons. The Labute approximate surface area is 644 Å². The van der Waals surface area contributed by atoms with Crippen molar-refractivity contribution in [2.45, 2.75) is 354 Å². The zero-order chi connectivity index (χ0) is 77.4. The fraction of sp³-hybridized carbons (Fsp3) is 0.701. The zero-order valence-electron chi connectivity index (χ0n) is 66.6. The van der Waals surface area contributed by atoms with Crippen LogP contribution in [-0.2, 0) is 65.4 Å². The second-order valence-electron chi connectivity index (χ2n) is 27.3. The lowest BCUT2D eigenvalue weighted by Crippen LogP contribution is -2.30. The van der Waals surface area contributed by atoms with Gasteiger partial charge in [0.1, 0.15) is 19.3 Å². The molecular weight excluding hydrogens is 1380 g/mol. The highest BCUT2D eigenvalue weighted by Gasteiger charge is 2.30. The van der Waals surface area contributed by atoms with Gasteiger partial charge in [0.05, 0.1) is 26.4 Å². The molecule has 3 N–H and O–H groups in total. The van der Waals surface area contributed by atoms with E-state index >= 15 is 0 Å². The van der Waals surface area contributed by atoms with Crippen LogP contribution in [0.2, 0.25) is 0 Å². The Bertz CT molecular complexity index is 2530. The van der Waals surface area contributed by atoms with E-state index in [9.17, 15) is 43.2 Å². The first-order valence-corrected chi connectivity index (χ1v) is 44.4. The molecule has 0 aliphatic rings. The summed E-state index contributed by atoms with van der Waals surface area (Å²) in [4.78, 5) is 73.1. The van der Waals surface area contributed by atoms with Crippen molar-refractivity contribution in [2.24, 2.45) is 0 Å². The van der Waals surface area contributed by atoms with E-state index in [1.165, 1.54) is 89.9 Å². The van der Waals surface area contributed by atoms with Gasteiger partial charge in [-0.2, -0.15) is 0 Å². The molecule has 19 heteroatoms. The van der Waals surface area contributed by atoms with Gasteiger partial charge < -0.3 is 33.8 Å². The van der Waals surface area contributed by atoms with Gasteiger partial charge in [0.2, 0.25) is 0 Å². The summed E-state index contributed by atoms with van der Waals surface area (Å²) in [7, 11) is -9.99. The first-order valence-electron chi connectivity index (χ1n) is 41.4. The molecule has 5 atom stereocenters. The van der Waals surface area contributed by atoms with E-state index in [4.69, 9.17) is 37.0 Å². The normalized spacial score (nSPS) is 14.5. The molecule has 0 saturated carbocycles. The lowest BCUT2D eigenvalue weighted by atomic mass is 10.0. The molecule has 0 aliphatic heterocycles. The van der Waals surface area contributed by atoms with Gasteiger partial charge in [0.15, 0.2) is 12.2 Å². The minimum atomic E-state index is -5.00. The van der Waals surface area contributed by atoms with Crippen LogP contribution in [0.4, 0.5) is 0 Å². The van der Waals surface area contributed by atoms with Crippen LogP contribution in [0.25, 0.3) is 0 Å². The summed E-state index contributed by atoms with van der Waals surface area (Å²) in [5, 5.41) is 10.7. The lowest BCUT2D eigenvalue weighted by Gasteiger charge is -2.21. The number of carbonyl (C=O) groups is 4. The molecule has 0 rings (SSSR count). The number of aliphatic hydroxyl groups is 1. The Kier molecular flexibility index (Phi) is 74.8. The summed E-state index contributed by atoms with van der Waals surface area (Å²) < 4.78 is 68.6. The number of hydrogen-bond donors (Lipinski definition) is 3. The van der Waals surface area contributed by atoms with Crippen molar-refractivity contribution >= 4 is 39.5 Å². The van der Waals surface area contributed by atoms with Gasteiger partial charge in [0, 0.05) is 25.7 Å². The Morgan fingerprint density at radius 2 is 0.509 bits per heavy atom. The standard InChI is InChI=1S/C87H148O17P2/c1-5-9-13-17-21-25-29-33-36-38-40-42-45-48-51-55-59-63-67-71-84(89)97-77-82(103-86(91)73-69-65-61-57-53-47-32-28-24-20-16-12-8-4)79-101-105(93,94)99-75-81(88)76-100-106(95,96)102-80-83(104-87(92)74-70-66-62-58-54-50-44-35-31-27-23-19-15-11-7-3)78-98-85(90)72-68-64-60-56-52-49-46-43-41-39-37-34-30-26-22-18-14-10-6-2/h9-10,13-14,21-22,25-26,28,32-34,36-37,40-43,49,52,60,64,81-83,88H,5-8,11-12,15-20,23-24,27,29-31,35,38-39,44-48,50-51,53-59,61-63,65-80H2,1-4H3,(H,93,94)(H,95,96)/b13-9-,14-10-,25-21-,26-22-,32-28-,36-33-,37-34-,42-40-,43-41-,52-49-,64-60-. The van der Waals surface area contributed by atoms with E-state index in [1.807, 2.05) is 18.2 Å². The van der Waals surface area contributed by atoms with Crippen LogP contribution in [0.1, 0.15) is 336 Å². The maximum absolute atomic E-state index is 13.1. The molecule has 0 heterocycles. The van der Waals surface area contributed by atoms with Crippen LogP contribution in [0.5, 0.6) is 0 Å². The van der Waals surface area contributed by atoms with Crippen LogP contribution in [-0.4, -0.2) is 96.7 Å². The van der Waals surface area contributed by atoms with E-state index < -0.39 is 97.5 Å². The van der Waals surface area contributed by atoms with Gasteiger partial charge in [-0.25, -0.2) is 9.13 Å². The van der Waals surface area contributed by atoms with E-state index in [0.29, 0.717) is 32.1 Å². The number of unbranched alkanes of at least 4 members (excludes halogenated alkanes) is 29. The highest BCUT2D eigenvalue weighted by Crippen LogP contribution is 2.45. The number of allylic oxidation sites excluding steroid dienone is 22. The highest BCUT2D eigenvalue weighted by molar-refractivity contribution is 7.47. The van der Waals surface area contributed by atoms with Crippen molar-refractivity contribution in [1.29, 1.82) is 0 Å². The van der Waals surface area contributed by atoms with Crippen LogP contribution >= 0.6 is 15.6 Å². The predicted octanol–water partition coefficient (Wildman–Crippen LogP) is 24.4. The number of carbonyl (C=O) groups excluding carboxylic acids is 4. The fourth-order valence-corrected chi connectivity index (χ4v) is 12.5. The van der Waals surface area contributed by atoms with Gasteiger partial charge in [-0.3, -0.25) is 37.3 Å². The predicted molar refractivity (Wildman–Crippen MR) is 436 cm³/mol. The molecular formula is C87H148O17P2. The van der Waals surface area contributed by atoms with Crippen LogP contribution in [0.3, 0.4) is 0 Å². The van der Waals surface area contributed by atoms with Gasteiger partial charge in [-0.15, -0.1) is 0 Å². The number of ether oxygens (including phenoxy) is 4. The maximum atomic E-state index is 13.1. The third kappa shape index (κ3) is 77.4. The lowest BCUT2D eigenvalue weighted by molar-refractivity contribution is -0.161. The van der Waals surface area contributed by atoms with Crippen molar-refractivity contribution in [1.82, 2.24) is 0 Å². The highest BCUT2D eigenvalue weighted by atomic mass is 31.2. The monoisotopic (exact) mass is 1530 g/mol. The van der Waals surface area contributed by atoms with Gasteiger partial charge in [-0.1, -0.05) is 315 Å². The molecule has 17 nitrogen and oxygen atoms in total. The molecule has 0 aromatic carbocycles. The third-order valence-corrected chi connectivity index (χ3v) is 19.0. The van der Waals surface area contributed by atoms with Crippen molar-refractivity contribution < 1.29 is 80.2 Å². The van der Waals surface area contributed by atoms with E-state index in [2.05, 4.69) is 143 Å². The Morgan fingerprint density at radius 1 is 0.274 bits per heavy atom. The summed E-state index contributed by atoms with van der Waals surface area (Å²) in [6, 6.07) is 0. The molecule has 608 valence electrons. The number of rotatable bonds is 77. The van der Waals surface area contributed by atoms with Gasteiger partial charge in [0.25, 0.3) is 0 Å². The number of hydrogen-bond acceptors (Lipinski definition) is 15. The molecule has 0 amide bonds. The first kappa shape index (κ1) is 101. The summed E-state index contributed by atoms with van der Waals surface area (Å²) in [6.45, 7) is 4.56. The summed E-state index contributed by atoms with van der Waals surface area (Å²) in [5.41, 5.74) is 0. The SMILES string of the molecule is CC/C=C\C/C=C\C/C=C\C/C=C\C/C=C\C/C=C\CCC(=O)OCC(COP(=O)(O)OCC(O)COP(=O)(O)OCC(COC(=O)CCCCCCCC/C=C\C/C=C\C/C=C\C/C=C\CC)OC(=O)CCCCCCC/C=C\CCCCCC)OC(=O)CCCCCCCCCCCCCCCCC. The Hall–Kier alpha value is -4.80. The number of phosphoric acid groups is 2. The summed E-state index contributed by atoms with van der Waals surface area (Å²) >= 11 is 0. The smallest absolute Gasteiger partial charge is 0.462 e. The van der Waals surface area contributed by atoms with Crippen molar-refractivity contribution in [2.75, 3.05) is 39.6 Å². The molecule has 0 aromatic rings. The topological polar surface area (TPSA) is 237 Å². The maximum Gasteiger partial charge on any atom is 0.472 e. The van der Waals surface area contributed by atoms with Gasteiger partial charge >= 0.3 is 39.5 Å². The second-order valence-corrected chi connectivity index (χ2v) is 30.2. The number of esters is 4. The molecule has 0 aliphatic carbocycles. The molecule has 106 heavy (non-hydrogen) atoms. The molecule has 0 fully saturated rings. The Balaban J connectivity index is 5.41. The number of aliphatic hydroxyl groups excluding tert-OH is 1. The second kappa shape index (κ2) is 78.3. The average Bonchev–Trinajstić information content (AvgIpc) is 0.933. The zero-order valence-corrected chi connectivity index (χ0v) is 68.4. The van der Waals surface area contributed by atoms with Gasteiger partial charge in [-0.05, 0) is 128 Å². The van der Waals surface area contributed by atoms with E-state index in [0.717, 1.165) is 161 Å². The van der Waals surface area contributed by atoms with Crippen LogP contribution < -0.4 is 0 Å². The average molecular weight is 1530 g/mol. The molecule has 5 unspecified atom stereocenters. The van der Waals surface area contributed by atoms with Crippen molar-refractivity contribution in [3.05, 3.63) is 134 Å². The molecule has 0 spiro atoms.